The molecular weight excluding hydrogens is 317 g/mol. The van der Waals surface area contributed by atoms with Crippen LogP contribution >= 0.6 is 11.8 Å². The molecule has 1 aliphatic heterocycles. The third kappa shape index (κ3) is 3.78. The van der Waals surface area contributed by atoms with Gasteiger partial charge in [0.25, 0.3) is 11.1 Å². The summed E-state index contributed by atoms with van der Waals surface area (Å²) >= 11 is 0.870. The Bertz CT molecular complexity index is 787. The summed E-state index contributed by atoms with van der Waals surface area (Å²) in [5, 5.41) is 1.83. The van der Waals surface area contributed by atoms with E-state index in [1.807, 2.05) is 0 Å². The van der Waals surface area contributed by atoms with Gasteiger partial charge in [-0.1, -0.05) is 30.3 Å². The fraction of sp³-hybridized carbons (Fsp3) is 0.0588. The van der Waals surface area contributed by atoms with Crippen molar-refractivity contribution < 1.29 is 18.7 Å². The van der Waals surface area contributed by atoms with Crippen molar-refractivity contribution in [2.45, 2.75) is 6.61 Å². The van der Waals surface area contributed by atoms with Gasteiger partial charge in [0.15, 0.2) is 0 Å². The monoisotopic (exact) mass is 329 g/mol. The van der Waals surface area contributed by atoms with Gasteiger partial charge in [0, 0.05) is 5.56 Å². The summed E-state index contributed by atoms with van der Waals surface area (Å²) in [6.45, 7) is 0.139. The van der Waals surface area contributed by atoms with Gasteiger partial charge in [-0.3, -0.25) is 14.9 Å². The number of amides is 2. The second kappa shape index (κ2) is 6.66. The maximum Gasteiger partial charge on any atom is 0.290 e. The van der Waals surface area contributed by atoms with Crippen LogP contribution in [-0.4, -0.2) is 11.1 Å². The van der Waals surface area contributed by atoms with Crippen LogP contribution in [0, 0.1) is 5.82 Å². The summed E-state index contributed by atoms with van der Waals surface area (Å²) in [4.78, 5) is 22.9. The molecule has 23 heavy (non-hydrogen) atoms. The molecule has 1 N–H and O–H groups in total. The first-order valence-corrected chi connectivity index (χ1v) is 7.64. The molecule has 6 heteroatoms. The van der Waals surface area contributed by atoms with Gasteiger partial charge in [0.1, 0.15) is 18.2 Å². The van der Waals surface area contributed by atoms with Crippen LogP contribution in [0.2, 0.25) is 0 Å². The van der Waals surface area contributed by atoms with Gasteiger partial charge in [-0.15, -0.1) is 0 Å². The van der Waals surface area contributed by atoms with E-state index < -0.39 is 0 Å². The number of benzene rings is 2. The highest BCUT2D eigenvalue weighted by Gasteiger charge is 2.24. The number of halogens is 1. The molecule has 116 valence electrons. The van der Waals surface area contributed by atoms with Crippen LogP contribution in [0.3, 0.4) is 0 Å². The zero-order valence-electron chi connectivity index (χ0n) is 11.9. The molecule has 3 rings (SSSR count). The van der Waals surface area contributed by atoms with Crippen molar-refractivity contribution in [3.8, 4) is 5.75 Å². The van der Waals surface area contributed by atoms with Crippen molar-refractivity contribution in [3.63, 3.8) is 0 Å². The highest BCUT2D eigenvalue weighted by Crippen LogP contribution is 2.26. The Morgan fingerprint density at radius 2 is 1.83 bits per heavy atom. The Labute approximate surface area is 136 Å². The minimum absolute atomic E-state index is 0.139. The van der Waals surface area contributed by atoms with Gasteiger partial charge in [-0.2, -0.15) is 0 Å². The second-order valence-electron chi connectivity index (χ2n) is 4.80. The number of carbonyl (C=O) groups is 2. The lowest BCUT2D eigenvalue weighted by molar-refractivity contribution is -0.115. The van der Waals surface area contributed by atoms with Crippen molar-refractivity contribution >= 4 is 29.0 Å². The van der Waals surface area contributed by atoms with Gasteiger partial charge >= 0.3 is 0 Å². The molecule has 0 atom stereocenters. The molecule has 0 unspecified atom stereocenters. The lowest BCUT2D eigenvalue weighted by Crippen LogP contribution is -2.17. The lowest BCUT2D eigenvalue weighted by Gasteiger charge is -2.07. The van der Waals surface area contributed by atoms with E-state index in [1.165, 1.54) is 6.07 Å². The van der Waals surface area contributed by atoms with Crippen LogP contribution in [0.25, 0.3) is 6.08 Å². The molecule has 1 saturated heterocycles. The number of rotatable bonds is 4. The van der Waals surface area contributed by atoms with Crippen molar-refractivity contribution in [1.82, 2.24) is 5.32 Å². The molecule has 2 aromatic carbocycles. The van der Waals surface area contributed by atoms with Crippen molar-refractivity contribution in [2.75, 3.05) is 0 Å². The smallest absolute Gasteiger partial charge is 0.290 e. The standard InChI is InChI=1S/C17H12FNO3S/c18-14-4-2-1-3-12(14)10-22-13-7-5-11(6-8-13)9-15-16(20)19-17(21)23-15/h1-9H,10H2,(H,19,20,21)/b15-9-. The van der Waals surface area contributed by atoms with Gasteiger partial charge in [-0.05, 0) is 41.6 Å². The zero-order chi connectivity index (χ0) is 16.2. The molecule has 0 bridgehead atoms. The summed E-state index contributed by atoms with van der Waals surface area (Å²) in [6.07, 6.45) is 1.63. The molecule has 0 spiro atoms. The van der Waals surface area contributed by atoms with Crippen molar-refractivity contribution in [1.29, 1.82) is 0 Å². The topological polar surface area (TPSA) is 55.4 Å². The Balaban J connectivity index is 1.66. The molecular formula is C17H12FNO3S. The number of thioether (sulfide) groups is 1. The van der Waals surface area contributed by atoms with Crippen LogP contribution < -0.4 is 10.1 Å². The Kier molecular flexibility index (Phi) is 4.43. The summed E-state index contributed by atoms with van der Waals surface area (Å²) in [5.74, 6) is -0.0994. The van der Waals surface area contributed by atoms with Gasteiger partial charge in [-0.25, -0.2) is 4.39 Å². The minimum Gasteiger partial charge on any atom is -0.489 e. The Morgan fingerprint density at radius 3 is 2.48 bits per heavy atom. The van der Waals surface area contributed by atoms with E-state index in [2.05, 4.69) is 5.32 Å². The van der Waals surface area contributed by atoms with E-state index in [1.54, 1.807) is 48.5 Å². The zero-order valence-corrected chi connectivity index (χ0v) is 12.7. The summed E-state index contributed by atoms with van der Waals surface area (Å²) in [5.41, 5.74) is 1.26. The quantitative estimate of drug-likeness (QED) is 0.869. The number of hydrogen-bond acceptors (Lipinski definition) is 4. The predicted octanol–water partition coefficient (Wildman–Crippen LogP) is 3.73. The van der Waals surface area contributed by atoms with E-state index in [9.17, 15) is 14.0 Å². The first kappa shape index (κ1) is 15.3. The van der Waals surface area contributed by atoms with E-state index in [-0.39, 0.29) is 23.6 Å². The molecule has 1 fully saturated rings. The normalized spacial score (nSPS) is 15.8. The Hall–Kier alpha value is -2.60. The molecule has 0 saturated carbocycles. The van der Waals surface area contributed by atoms with Crippen LogP contribution in [-0.2, 0) is 11.4 Å². The molecule has 4 nitrogen and oxygen atoms in total. The van der Waals surface area contributed by atoms with Gasteiger partial charge in [0.05, 0.1) is 4.91 Å². The SMILES string of the molecule is O=C1NC(=O)/C(=C/c2ccc(OCc3ccccc3F)cc2)S1. The van der Waals surface area contributed by atoms with E-state index >= 15 is 0 Å². The lowest BCUT2D eigenvalue weighted by atomic mass is 10.2. The van der Waals surface area contributed by atoms with Crippen LogP contribution in [0.15, 0.2) is 53.4 Å². The molecule has 1 aliphatic rings. The third-order valence-electron chi connectivity index (χ3n) is 3.17. The van der Waals surface area contributed by atoms with E-state index in [4.69, 9.17) is 4.74 Å². The number of nitrogens with one attached hydrogen (secondary N) is 1. The summed E-state index contributed by atoms with van der Waals surface area (Å²) in [7, 11) is 0. The largest absolute Gasteiger partial charge is 0.489 e. The van der Waals surface area contributed by atoms with Crippen LogP contribution in [0.4, 0.5) is 9.18 Å². The minimum atomic E-state index is -0.389. The molecule has 0 aliphatic carbocycles. The predicted molar refractivity (Wildman–Crippen MR) is 86.3 cm³/mol. The maximum atomic E-state index is 13.5. The van der Waals surface area contributed by atoms with E-state index in [0.29, 0.717) is 16.2 Å². The molecule has 0 aromatic heterocycles. The Morgan fingerprint density at radius 1 is 1.09 bits per heavy atom. The van der Waals surface area contributed by atoms with Crippen LogP contribution in [0.1, 0.15) is 11.1 Å². The first-order chi connectivity index (χ1) is 11.1. The number of carbonyl (C=O) groups excluding carboxylic acids is 2. The number of imide groups is 1. The van der Waals surface area contributed by atoms with Crippen molar-refractivity contribution in [2.24, 2.45) is 0 Å². The first-order valence-electron chi connectivity index (χ1n) is 6.83. The maximum absolute atomic E-state index is 13.5. The fourth-order valence-electron chi connectivity index (χ4n) is 2.01. The van der Waals surface area contributed by atoms with E-state index in [0.717, 1.165) is 17.3 Å². The van der Waals surface area contributed by atoms with Gasteiger partial charge < -0.3 is 4.74 Å². The molecule has 0 radical (unpaired) electrons. The highest BCUT2D eigenvalue weighted by atomic mass is 32.2. The fourth-order valence-corrected chi connectivity index (χ4v) is 2.69. The van der Waals surface area contributed by atoms with Gasteiger partial charge in [0.2, 0.25) is 0 Å². The van der Waals surface area contributed by atoms with Crippen LogP contribution in [0.5, 0.6) is 5.75 Å². The second-order valence-corrected chi connectivity index (χ2v) is 5.82. The summed E-state index contributed by atoms with van der Waals surface area (Å²) < 4.78 is 19.0. The molecule has 1 heterocycles. The molecule has 2 aromatic rings. The number of ether oxygens (including phenoxy) is 1. The third-order valence-corrected chi connectivity index (χ3v) is 3.98. The average Bonchev–Trinajstić information content (AvgIpc) is 2.85. The summed E-state index contributed by atoms with van der Waals surface area (Å²) in [6, 6.07) is 13.4. The average molecular weight is 329 g/mol. The number of hydrogen-bond donors (Lipinski definition) is 1. The highest BCUT2D eigenvalue weighted by molar-refractivity contribution is 8.18. The molecule has 2 amide bonds. The van der Waals surface area contributed by atoms with Crippen molar-refractivity contribution in [3.05, 3.63) is 70.4 Å².